The number of aromatic nitrogens is 3. The minimum Gasteiger partial charge on any atom is -0.361 e. The highest BCUT2D eigenvalue weighted by Gasteiger charge is 2.28. The molecule has 4 heterocycles. The molecule has 4 aromatic rings. The van der Waals surface area contributed by atoms with Crippen LogP contribution in [-0.4, -0.2) is 47.3 Å². The van der Waals surface area contributed by atoms with Gasteiger partial charge in [-0.15, -0.1) is 0 Å². The Balaban J connectivity index is 1.44. The van der Waals surface area contributed by atoms with Gasteiger partial charge in [0.25, 0.3) is 0 Å². The maximum Gasteiger partial charge on any atom is 0.240 e. The highest BCUT2D eigenvalue weighted by atomic mass is 32.2. The number of likely N-dealkylation sites (tertiary alicyclic amines) is 1. The zero-order valence-electron chi connectivity index (χ0n) is 16.0. The lowest BCUT2D eigenvalue weighted by Crippen LogP contribution is -2.37. The Morgan fingerprint density at radius 3 is 2.86 bits per heavy atom. The molecule has 5 rings (SSSR count). The van der Waals surface area contributed by atoms with E-state index in [1.165, 1.54) is 0 Å². The van der Waals surface area contributed by atoms with Gasteiger partial charge in [0.15, 0.2) is 0 Å². The van der Waals surface area contributed by atoms with Crippen molar-refractivity contribution in [2.45, 2.75) is 23.8 Å². The second-order valence-electron chi connectivity index (χ2n) is 7.45. The van der Waals surface area contributed by atoms with Gasteiger partial charge < -0.3 is 9.38 Å². The average molecular weight is 410 g/mol. The van der Waals surface area contributed by atoms with Crippen molar-refractivity contribution in [3.63, 3.8) is 0 Å². The van der Waals surface area contributed by atoms with Gasteiger partial charge in [0.05, 0.1) is 22.8 Å². The van der Waals surface area contributed by atoms with Crippen LogP contribution in [0.25, 0.3) is 16.6 Å². The Labute approximate surface area is 169 Å². The number of H-pyrrole nitrogens is 1. The Bertz CT molecular complexity index is 1250. The van der Waals surface area contributed by atoms with Crippen molar-refractivity contribution in [2.75, 3.05) is 19.6 Å². The number of nitrogens with zero attached hydrogens (tertiary/aromatic N) is 3. The smallest absolute Gasteiger partial charge is 0.240 e. The highest BCUT2D eigenvalue weighted by Crippen LogP contribution is 2.26. The Morgan fingerprint density at radius 2 is 2.00 bits per heavy atom. The number of sulfonamides is 1. The number of benzene rings is 1. The van der Waals surface area contributed by atoms with Crippen LogP contribution in [0.5, 0.6) is 0 Å². The molecule has 1 fully saturated rings. The molecule has 0 bridgehead atoms. The molecule has 0 radical (unpaired) electrons. The van der Waals surface area contributed by atoms with Crippen LogP contribution in [0, 0.1) is 0 Å². The van der Waals surface area contributed by atoms with Gasteiger partial charge in [0.1, 0.15) is 5.65 Å². The first-order valence-corrected chi connectivity index (χ1v) is 11.3. The second-order valence-corrected chi connectivity index (χ2v) is 9.22. The molecular weight excluding hydrogens is 386 g/mol. The van der Waals surface area contributed by atoms with Crippen LogP contribution in [0.1, 0.15) is 24.6 Å². The van der Waals surface area contributed by atoms with Crippen LogP contribution < -0.4 is 4.72 Å². The number of fused-ring (bicyclic) bond motifs is 2. The first-order chi connectivity index (χ1) is 14.1. The van der Waals surface area contributed by atoms with Gasteiger partial charge in [-0.25, -0.2) is 18.1 Å². The van der Waals surface area contributed by atoms with E-state index in [1.54, 1.807) is 12.1 Å². The Hall–Kier alpha value is -2.68. The van der Waals surface area contributed by atoms with Crippen LogP contribution in [0.15, 0.2) is 66.0 Å². The molecule has 3 aromatic heterocycles. The summed E-state index contributed by atoms with van der Waals surface area (Å²) in [5.41, 5.74) is 2.68. The van der Waals surface area contributed by atoms with Gasteiger partial charge in [-0.05, 0) is 61.6 Å². The van der Waals surface area contributed by atoms with E-state index in [9.17, 15) is 8.42 Å². The van der Waals surface area contributed by atoms with Crippen molar-refractivity contribution in [1.82, 2.24) is 24.0 Å². The predicted octanol–water partition coefficient (Wildman–Crippen LogP) is 2.93. The zero-order valence-corrected chi connectivity index (χ0v) is 16.8. The van der Waals surface area contributed by atoms with Gasteiger partial charge in [-0.3, -0.25) is 4.90 Å². The van der Waals surface area contributed by atoms with E-state index >= 15 is 0 Å². The van der Waals surface area contributed by atoms with Gasteiger partial charge in [-0.1, -0.05) is 12.1 Å². The summed E-state index contributed by atoms with van der Waals surface area (Å²) in [4.78, 5) is 10.2. The highest BCUT2D eigenvalue weighted by molar-refractivity contribution is 7.89. The number of hydrogen-bond donors (Lipinski definition) is 2. The van der Waals surface area contributed by atoms with Crippen LogP contribution in [0.3, 0.4) is 0 Å². The summed E-state index contributed by atoms with van der Waals surface area (Å²) in [5.74, 6) is 0. The summed E-state index contributed by atoms with van der Waals surface area (Å²) in [6.07, 6.45) is 7.90. The average Bonchev–Trinajstić information content (AvgIpc) is 3.48. The fourth-order valence-corrected chi connectivity index (χ4v) is 5.20. The second kappa shape index (κ2) is 7.29. The standard InChI is InChI=1S/C21H23N5O2S/c27-29(28,17-7-6-16-8-9-22-18(16)13-17)24-15-19(25-10-3-4-11-25)20-14-23-21-5-1-2-12-26(20)21/h1-2,5-9,12-14,19,22,24H,3-4,10-11,15H2. The third kappa shape index (κ3) is 3.43. The fraction of sp³-hybridized carbons (Fsp3) is 0.286. The lowest BCUT2D eigenvalue weighted by molar-refractivity contribution is 0.241. The van der Waals surface area contributed by atoms with Gasteiger partial charge in [-0.2, -0.15) is 0 Å². The molecule has 1 atom stereocenters. The van der Waals surface area contributed by atoms with Gasteiger partial charge >= 0.3 is 0 Å². The molecule has 150 valence electrons. The minimum atomic E-state index is -3.62. The summed E-state index contributed by atoms with van der Waals surface area (Å²) in [6, 6.07) is 12.9. The topological polar surface area (TPSA) is 82.5 Å². The molecule has 29 heavy (non-hydrogen) atoms. The molecule has 0 spiro atoms. The summed E-state index contributed by atoms with van der Waals surface area (Å²) in [7, 11) is -3.62. The lowest BCUT2D eigenvalue weighted by Gasteiger charge is -2.27. The molecule has 7 nitrogen and oxygen atoms in total. The monoisotopic (exact) mass is 409 g/mol. The van der Waals surface area contributed by atoms with Crippen molar-refractivity contribution in [2.24, 2.45) is 0 Å². The maximum absolute atomic E-state index is 13.0. The van der Waals surface area contributed by atoms with Crippen molar-refractivity contribution >= 4 is 26.6 Å². The van der Waals surface area contributed by atoms with Gasteiger partial charge in [0.2, 0.25) is 10.0 Å². The largest absolute Gasteiger partial charge is 0.361 e. The van der Waals surface area contributed by atoms with E-state index in [4.69, 9.17) is 0 Å². The molecule has 1 saturated heterocycles. The Kier molecular flexibility index (Phi) is 4.61. The first kappa shape index (κ1) is 18.4. The minimum absolute atomic E-state index is 0.0705. The number of rotatable bonds is 6. The molecule has 0 saturated carbocycles. The third-order valence-electron chi connectivity index (χ3n) is 5.67. The normalized spacial score (nSPS) is 16.7. The number of nitrogens with one attached hydrogen (secondary N) is 2. The van der Waals surface area contributed by atoms with E-state index in [0.29, 0.717) is 6.54 Å². The van der Waals surface area contributed by atoms with Crippen LogP contribution in [0.2, 0.25) is 0 Å². The van der Waals surface area contributed by atoms with Crippen LogP contribution in [0.4, 0.5) is 0 Å². The predicted molar refractivity (Wildman–Crippen MR) is 112 cm³/mol. The molecule has 1 aliphatic heterocycles. The van der Waals surface area contributed by atoms with Crippen molar-refractivity contribution in [3.05, 3.63) is 66.7 Å². The maximum atomic E-state index is 13.0. The SMILES string of the molecule is O=S(=O)(NCC(c1cnc2ccccn12)N1CCCC1)c1ccc2cc[nH]c2c1. The summed E-state index contributed by atoms with van der Waals surface area (Å²) in [6.45, 7) is 2.22. The molecule has 2 N–H and O–H groups in total. The van der Waals surface area contributed by atoms with E-state index in [1.807, 2.05) is 53.3 Å². The van der Waals surface area contributed by atoms with Crippen molar-refractivity contribution < 1.29 is 8.42 Å². The molecule has 0 amide bonds. The lowest BCUT2D eigenvalue weighted by atomic mass is 10.2. The van der Waals surface area contributed by atoms with Gasteiger partial charge in [0, 0.05) is 24.5 Å². The number of aromatic amines is 1. The molecular formula is C21H23N5O2S. The van der Waals surface area contributed by atoms with Crippen molar-refractivity contribution in [1.29, 1.82) is 0 Å². The summed E-state index contributed by atoms with van der Waals surface area (Å²) in [5, 5.41) is 0.990. The summed E-state index contributed by atoms with van der Waals surface area (Å²) < 4.78 is 30.9. The fourth-order valence-electron chi connectivity index (χ4n) is 4.14. The molecule has 1 aromatic carbocycles. The van der Waals surface area contributed by atoms with Crippen LogP contribution >= 0.6 is 0 Å². The number of pyridine rings is 1. The molecule has 1 aliphatic rings. The molecule has 1 unspecified atom stereocenters. The first-order valence-electron chi connectivity index (χ1n) is 9.85. The zero-order chi connectivity index (χ0) is 19.8. The van der Waals surface area contributed by atoms with E-state index in [0.717, 1.165) is 48.2 Å². The van der Waals surface area contributed by atoms with Crippen molar-refractivity contribution in [3.8, 4) is 0 Å². The van der Waals surface area contributed by atoms with E-state index < -0.39 is 10.0 Å². The molecule has 0 aliphatic carbocycles. The summed E-state index contributed by atoms with van der Waals surface area (Å²) >= 11 is 0. The number of hydrogen-bond acceptors (Lipinski definition) is 4. The number of imidazole rings is 1. The molecule has 8 heteroatoms. The van der Waals surface area contributed by atoms with Crippen LogP contribution in [-0.2, 0) is 10.0 Å². The van der Waals surface area contributed by atoms with E-state index in [-0.39, 0.29) is 10.9 Å². The Morgan fingerprint density at radius 1 is 1.14 bits per heavy atom. The quantitative estimate of drug-likeness (QED) is 0.513. The third-order valence-corrected chi connectivity index (χ3v) is 7.09. The van der Waals surface area contributed by atoms with E-state index in [2.05, 4.69) is 19.6 Å².